The van der Waals surface area contributed by atoms with E-state index in [0.717, 1.165) is 37.6 Å². The molecular weight excluding hydrogens is 342 g/mol. The van der Waals surface area contributed by atoms with Crippen molar-refractivity contribution < 1.29 is 14.3 Å². The number of ether oxygens (including phenoxy) is 1. The second kappa shape index (κ2) is 9.43. The number of para-hydroxylation sites is 2. The number of hydrogen-bond donors (Lipinski definition) is 0. The molecule has 2 aliphatic rings. The van der Waals surface area contributed by atoms with E-state index in [4.69, 9.17) is 4.74 Å². The zero-order chi connectivity index (χ0) is 19.1. The second-order valence-corrected chi connectivity index (χ2v) is 6.74. The van der Waals surface area contributed by atoms with Crippen molar-refractivity contribution in [2.75, 3.05) is 50.8 Å². The SMILES string of the molecule is CCOc1ccccc1N1CCN(CC#CCN2C(=O)CCCC2=O)CC1. The largest absolute Gasteiger partial charge is 0.492 e. The summed E-state index contributed by atoms with van der Waals surface area (Å²) in [6, 6.07) is 8.16. The summed E-state index contributed by atoms with van der Waals surface area (Å²) in [6.07, 6.45) is 1.58. The first-order chi connectivity index (χ1) is 13.2. The highest BCUT2D eigenvalue weighted by molar-refractivity contribution is 5.97. The molecular formula is C21H27N3O3. The highest BCUT2D eigenvalue weighted by Crippen LogP contribution is 2.28. The van der Waals surface area contributed by atoms with Crippen LogP contribution in [-0.2, 0) is 9.59 Å². The Morgan fingerprint density at radius 3 is 2.33 bits per heavy atom. The normalized spacial score (nSPS) is 18.3. The minimum atomic E-state index is -0.0953. The average Bonchev–Trinajstić information content (AvgIpc) is 2.68. The van der Waals surface area contributed by atoms with Crippen molar-refractivity contribution in [1.82, 2.24) is 9.80 Å². The summed E-state index contributed by atoms with van der Waals surface area (Å²) in [5, 5.41) is 0. The van der Waals surface area contributed by atoms with Crippen LogP contribution in [0.1, 0.15) is 26.2 Å². The van der Waals surface area contributed by atoms with E-state index in [0.29, 0.717) is 32.4 Å². The van der Waals surface area contributed by atoms with Gasteiger partial charge in [-0.15, -0.1) is 0 Å². The number of benzene rings is 1. The summed E-state index contributed by atoms with van der Waals surface area (Å²) in [5.41, 5.74) is 1.15. The van der Waals surface area contributed by atoms with E-state index in [2.05, 4.69) is 27.7 Å². The number of hydrogen-bond acceptors (Lipinski definition) is 5. The zero-order valence-electron chi connectivity index (χ0n) is 15.9. The Bertz CT molecular complexity index is 714. The summed E-state index contributed by atoms with van der Waals surface area (Å²) >= 11 is 0. The number of nitrogens with zero attached hydrogens (tertiary/aromatic N) is 3. The monoisotopic (exact) mass is 369 g/mol. The molecule has 0 unspecified atom stereocenters. The van der Waals surface area contributed by atoms with Gasteiger partial charge in [-0.3, -0.25) is 19.4 Å². The predicted molar refractivity (Wildman–Crippen MR) is 105 cm³/mol. The molecule has 2 saturated heterocycles. The first-order valence-corrected chi connectivity index (χ1v) is 9.67. The van der Waals surface area contributed by atoms with E-state index in [1.54, 1.807) is 0 Å². The van der Waals surface area contributed by atoms with Crippen LogP contribution in [0.15, 0.2) is 24.3 Å². The molecule has 6 nitrogen and oxygen atoms in total. The molecule has 2 heterocycles. The Labute approximate surface area is 161 Å². The highest BCUT2D eigenvalue weighted by Gasteiger charge is 2.24. The number of anilines is 1. The van der Waals surface area contributed by atoms with Crippen molar-refractivity contribution in [3.8, 4) is 17.6 Å². The third-order valence-corrected chi connectivity index (χ3v) is 4.93. The van der Waals surface area contributed by atoms with Crippen molar-refractivity contribution in [2.24, 2.45) is 0 Å². The molecule has 144 valence electrons. The fraction of sp³-hybridized carbons (Fsp3) is 0.524. The van der Waals surface area contributed by atoms with Crippen LogP contribution in [0.3, 0.4) is 0 Å². The third kappa shape index (κ3) is 5.01. The van der Waals surface area contributed by atoms with E-state index in [-0.39, 0.29) is 18.4 Å². The number of piperazine rings is 1. The van der Waals surface area contributed by atoms with Gasteiger partial charge in [-0.25, -0.2) is 0 Å². The summed E-state index contributed by atoms with van der Waals surface area (Å²) in [4.78, 5) is 29.4. The van der Waals surface area contributed by atoms with Gasteiger partial charge in [0.25, 0.3) is 0 Å². The summed E-state index contributed by atoms with van der Waals surface area (Å²) in [6.45, 7) is 7.25. The quantitative estimate of drug-likeness (QED) is 0.585. The molecule has 6 heteroatoms. The van der Waals surface area contributed by atoms with Crippen LogP contribution in [0.2, 0.25) is 0 Å². The smallest absolute Gasteiger partial charge is 0.230 e. The first-order valence-electron chi connectivity index (χ1n) is 9.67. The van der Waals surface area contributed by atoms with Gasteiger partial charge in [0.15, 0.2) is 0 Å². The van der Waals surface area contributed by atoms with Crippen LogP contribution in [0.25, 0.3) is 0 Å². The maximum Gasteiger partial charge on any atom is 0.230 e. The average molecular weight is 369 g/mol. The number of carbonyl (C=O) groups excluding carboxylic acids is 2. The number of piperidine rings is 1. The van der Waals surface area contributed by atoms with Gasteiger partial charge in [0, 0.05) is 39.0 Å². The molecule has 1 aromatic rings. The highest BCUT2D eigenvalue weighted by atomic mass is 16.5. The van der Waals surface area contributed by atoms with Crippen molar-refractivity contribution in [2.45, 2.75) is 26.2 Å². The van der Waals surface area contributed by atoms with Crippen LogP contribution in [0.5, 0.6) is 5.75 Å². The molecule has 2 aliphatic heterocycles. The summed E-state index contributed by atoms with van der Waals surface area (Å²) in [5.74, 6) is 6.85. The predicted octanol–water partition coefficient (Wildman–Crippen LogP) is 1.75. The number of amides is 2. The molecule has 0 saturated carbocycles. The van der Waals surface area contributed by atoms with Crippen molar-refractivity contribution >= 4 is 17.5 Å². The maximum atomic E-state index is 11.8. The molecule has 0 aromatic heterocycles. The Morgan fingerprint density at radius 1 is 0.963 bits per heavy atom. The lowest BCUT2D eigenvalue weighted by Gasteiger charge is -2.35. The molecule has 0 N–H and O–H groups in total. The Kier molecular flexibility index (Phi) is 6.72. The van der Waals surface area contributed by atoms with E-state index in [1.165, 1.54) is 4.90 Å². The van der Waals surface area contributed by atoms with Gasteiger partial charge in [-0.05, 0) is 25.5 Å². The lowest BCUT2D eigenvalue weighted by molar-refractivity contribution is -0.147. The fourth-order valence-corrected chi connectivity index (χ4v) is 3.42. The Balaban J connectivity index is 1.47. The molecule has 1 aromatic carbocycles. The molecule has 0 aliphatic carbocycles. The van der Waals surface area contributed by atoms with E-state index < -0.39 is 0 Å². The first kappa shape index (κ1) is 19.2. The number of rotatable bonds is 5. The zero-order valence-corrected chi connectivity index (χ0v) is 15.9. The Hall–Kier alpha value is -2.52. The lowest BCUT2D eigenvalue weighted by atomic mass is 10.1. The van der Waals surface area contributed by atoms with Gasteiger partial charge < -0.3 is 9.64 Å². The van der Waals surface area contributed by atoms with Gasteiger partial charge in [-0.1, -0.05) is 24.0 Å². The van der Waals surface area contributed by atoms with E-state index in [1.807, 2.05) is 25.1 Å². The minimum absolute atomic E-state index is 0.0953. The minimum Gasteiger partial charge on any atom is -0.492 e. The van der Waals surface area contributed by atoms with E-state index >= 15 is 0 Å². The molecule has 0 radical (unpaired) electrons. The maximum absolute atomic E-state index is 11.8. The molecule has 27 heavy (non-hydrogen) atoms. The fourth-order valence-electron chi connectivity index (χ4n) is 3.42. The van der Waals surface area contributed by atoms with E-state index in [9.17, 15) is 9.59 Å². The molecule has 2 fully saturated rings. The van der Waals surface area contributed by atoms with Gasteiger partial charge in [0.2, 0.25) is 11.8 Å². The number of imide groups is 1. The van der Waals surface area contributed by atoms with Crippen LogP contribution >= 0.6 is 0 Å². The van der Waals surface area contributed by atoms with Crippen LogP contribution in [0.4, 0.5) is 5.69 Å². The standard InChI is InChI=1S/C21H27N3O3/c1-2-27-19-9-4-3-8-18(19)23-16-14-22(15-17-23)12-5-6-13-24-20(25)10-7-11-21(24)26/h3-4,8-9H,2,7,10-17H2,1H3. The van der Waals surface area contributed by atoms with Gasteiger partial charge in [-0.2, -0.15) is 0 Å². The molecule has 0 atom stereocenters. The molecule has 2 amide bonds. The summed E-state index contributed by atoms with van der Waals surface area (Å²) in [7, 11) is 0. The van der Waals surface area contributed by atoms with Gasteiger partial charge in [0.05, 0.1) is 25.4 Å². The summed E-state index contributed by atoms with van der Waals surface area (Å²) < 4.78 is 5.73. The van der Waals surface area contributed by atoms with Crippen molar-refractivity contribution in [3.05, 3.63) is 24.3 Å². The van der Waals surface area contributed by atoms with Crippen molar-refractivity contribution in [1.29, 1.82) is 0 Å². The van der Waals surface area contributed by atoms with Crippen molar-refractivity contribution in [3.63, 3.8) is 0 Å². The number of carbonyl (C=O) groups is 2. The second-order valence-electron chi connectivity index (χ2n) is 6.74. The lowest BCUT2D eigenvalue weighted by Crippen LogP contribution is -2.46. The topological polar surface area (TPSA) is 53.1 Å². The van der Waals surface area contributed by atoms with Gasteiger partial charge in [0.1, 0.15) is 5.75 Å². The van der Waals surface area contributed by atoms with Crippen LogP contribution in [0, 0.1) is 11.8 Å². The Morgan fingerprint density at radius 2 is 1.63 bits per heavy atom. The van der Waals surface area contributed by atoms with Crippen LogP contribution in [-0.4, -0.2) is 67.5 Å². The van der Waals surface area contributed by atoms with Gasteiger partial charge >= 0.3 is 0 Å². The number of likely N-dealkylation sites (tertiary alicyclic amines) is 1. The molecule has 0 bridgehead atoms. The molecule has 3 rings (SSSR count). The third-order valence-electron chi connectivity index (χ3n) is 4.93. The molecule has 0 spiro atoms. The van der Waals surface area contributed by atoms with Crippen LogP contribution < -0.4 is 9.64 Å².